The summed E-state index contributed by atoms with van der Waals surface area (Å²) >= 11 is 1.57. The van der Waals surface area contributed by atoms with Crippen LogP contribution in [-0.2, 0) is 9.63 Å². The lowest BCUT2D eigenvalue weighted by Crippen LogP contribution is -2.39. The molecule has 0 fully saturated rings. The summed E-state index contributed by atoms with van der Waals surface area (Å²) in [6.07, 6.45) is -0.110. The first kappa shape index (κ1) is 9.17. The highest BCUT2D eigenvalue weighted by molar-refractivity contribution is 7.12. The van der Waals surface area contributed by atoms with Gasteiger partial charge in [-0.05, 0) is 11.4 Å². The molecule has 1 aromatic rings. The van der Waals surface area contributed by atoms with Gasteiger partial charge in [-0.25, -0.2) is 5.84 Å². The van der Waals surface area contributed by atoms with Crippen molar-refractivity contribution < 1.29 is 9.63 Å². The van der Waals surface area contributed by atoms with E-state index in [4.69, 9.17) is 10.7 Å². The van der Waals surface area contributed by atoms with Crippen LogP contribution in [-0.4, -0.2) is 17.7 Å². The minimum Gasteiger partial charge on any atom is -0.382 e. The van der Waals surface area contributed by atoms with Gasteiger partial charge in [-0.15, -0.1) is 11.3 Å². The molecule has 2 heterocycles. The summed E-state index contributed by atoms with van der Waals surface area (Å²) < 4.78 is 0. The van der Waals surface area contributed by atoms with Crippen molar-refractivity contribution in [3.8, 4) is 0 Å². The van der Waals surface area contributed by atoms with Crippen LogP contribution in [0.3, 0.4) is 0 Å². The van der Waals surface area contributed by atoms with Crippen LogP contribution in [0.5, 0.6) is 0 Å². The number of amides is 1. The molecule has 2 rings (SSSR count). The van der Waals surface area contributed by atoms with Gasteiger partial charge in [-0.1, -0.05) is 11.2 Å². The predicted octanol–water partition coefficient (Wildman–Crippen LogP) is 0.231. The molecule has 0 spiro atoms. The molecule has 5 nitrogen and oxygen atoms in total. The highest BCUT2D eigenvalue weighted by atomic mass is 32.1. The summed E-state index contributed by atoms with van der Waals surface area (Å²) in [5, 5.41) is 5.79. The van der Waals surface area contributed by atoms with Crippen LogP contribution in [0.2, 0.25) is 0 Å². The maximum atomic E-state index is 11.1. The van der Waals surface area contributed by atoms with Gasteiger partial charge < -0.3 is 4.84 Å². The number of rotatable bonds is 2. The number of thiophene rings is 1. The van der Waals surface area contributed by atoms with Crippen LogP contribution in [0, 0.1) is 0 Å². The molecule has 1 atom stereocenters. The van der Waals surface area contributed by atoms with Crippen molar-refractivity contribution in [2.45, 2.75) is 12.5 Å². The second kappa shape index (κ2) is 3.77. The number of carbonyl (C=O) groups is 1. The lowest BCUT2D eigenvalue weighted by Gasteiger charge is -2.04. The first-order valence-electron chi connectivity index (χ1n) is 4.08. The predicted molar refractivity (Wildman–Crippen MR) is 52.7 cm³/mol. The number of hydrogen-bond acceptors (Lipinski definition) is 5. The van der Waals surface area contributed by atoms with E-state index in [1.807, 2.05) is 22.9 Å². The number of carbonyl (C=O) groups excluding carboxylic acids is 1. The molecular weight excluding hydrogens is 202 g/mol. The lowest BCUT2D eigenvalue weighted by molar-refractivity contribution is -0.131. The molecule has 1 aromatic heterocycles. The van der Waals surface area contributed by atoms with Crippen molar-refractivity contribution in [3.63, 3.8) is 0 Å². The average Bonchev–Trinajstić information content (AvgIpc) is 2.86. The molecule has 1 aliphatic rings. The van der Waals surface area contributed by atoms with Crippen molar-refractivity contribution in [2.24, 2.45) is 11.0 Å². The first-order chi connectivity index (χ1) is 6.81. The maximum Gasteiger partial charge on any atom is 0.278 e. The van der Waals surface area contributed by atoms with Gasteiger partial charge in [-0.2, -0.15) is 0 Å². The molecule has 1 amide bonds. The largest absolute Gasteiger partial charge is 0.382 e. The van der Waals surface area contributed by atoms with Crippen LogP contribution >= 0.6 is 11.3 Å². The molecule has 0 aromatic carbocycles. The maximum absolute atomic E-state index is 11.1. The van der Waals surface area contributed by atoms with Gasteiger partial charge in [0, 0.05) is 6.42 Å². The zero-order chi connectivity index (χ0) is 9.97. The number of hydrogen-bond donors (Lipinski definition) is 2. The first-order valence-corrected chi connectivity index (χ1v) is 4.96. The van der Waals surface area contributed by atoms with E-state index < -0.39 is 6.10 Å². The fourth-order valence-electron chi connectivity index (χ4n) is 1.20. The number of nitrogens with one attached hydrogen (secondary N) is 1. The van der Waals surface area contributed by atoms with Crippen molar-refractivity contribution in [3.05, 3.63) is 22.4 Å². The van der Waals surface area contributed by atoms with E-state index in [9.17, 15) is 4.79 Å². The molecule has 6 heteroatoms. The van der Waals surface area contributed by atoms with Crippen molar-refractivity contribution >= 4 is 23.0 Å². The molecular formula is C8H9N3O2S. The van der Waals surface area contributed by atoms with E-state index in [-0.39, 0.29) is 5.91 Å². The Kier molecular flexibility index (Phi) is 2.47. The molecule has 0 saturated heterocycles. The number of hydrazine groups is 1. The monoisotopic (exact) mass is 211 g/mol. The fraction of sp³-hybridized carbons (Fsp3) is 0.250. The van der Waals surface area contributed by atoms with Gasteiger partial charge in [0.2, 0.25) is 6.10 Å². The van der Waals surface area contributed by atoms with E-state index in [2.05, 4.69) is 5.16 Å². The molecule has 0 saturated carbocycles. The summed E-state index contributed by atoms with van der Waals surface area (Å²) in [4.78, 5) is 17.1. The highest BCUT2D eigenvalue weighted by Gasteiger charge is 2.28. The van der Waals surface area contributed by atoms with Gasteiger partial charge in [-0.3, -0.25) is 10.2 Å². The Hall–Kier alpha value is -1.40. The summed E-state index contributed by atoms with van der Waals surface area (Å²) in [7, 11) is 0. The van der Waals surface area contributed by atoms with Crippen LogP contribution in [0.1, 0.15) is 11.3 Å². The number of nitrogens with two attached hydrogens (primary N) is 1. The van der Waals surface area contributed by atoms with E-state index in [0.29, 0.717) is 6.42 Å². The normalized spacial score (nSPS) is 20.1. The molecule has 1 aliphatic heterocycles. The molecule has 0 bridgehead atoms. The van der Waals surface area contributed by atoms with Crippen molar-refractivity contribution in [1.29, 1.82) is 0 Å². The summed E-state index contributed by atoms with van der Waals surface area (Å²) in [6.45, 7) is 0. The van der Waals surface area contributed by atoms with Gasteiger partial charge in [0.25, 0.3) is 5.91 Å². The average molecular weight is 211 g/mol. The molecule has 0 aliphatic carbocycles. The minimum atomic E-state index is -0.586. The van der Waals surface area contributed by atoms with Crippen molar-refractivity contribution in [1.82, 2.24) is 5.43 Å². The third-order valence-corrected chi connectivity index (χ3v) is 2.83. The zero-order valence-corrected chi connectivity index (χ0v) is 8.08. The lowest BCUT2D eigenvalue weighted by atomic mass is 10.1. The molecule has 14 heavy (non-hydrogen) atoms. The van der Waals surface area contributed by atoms with E-state index >= 15 is 0 Å². The Balaban J connectivity index is 2.04. The Morgan fingerprint density at radius 3 is 3.29 bits per heavy atom. The quantitative estimate of drug-likeness (QED) is 0.417. The SMILES string of the molecule is NNC(=O)[C@@H]1CC(c2cccs2)=NO1. The van der Waals surface area contributed by atoms with Crippen LogP contribution in [0.15, 0.2) is 22.7 Å². The minimum absolute atomic E-state index is 0.347. The third kappa shape index (κ3) is 1.61. The Bertz CT molecular complexity index is 361. The number of nitrogens with zero attached hydrogens (tertiary/aromatic N) is 1. The van der Waals surface area contributed by atoms with Gasteiger partial charge >= 0.3 is 0 Å². The second-order valence-electron chi connectivity index (χ2n) is 2.82. The number of oxime groups is 1. The Morgan fingerprint density at radius 2 is 2.64 bits per heavy atom. The third-order valence-electron chi connectivity index (χ3n) is 1.91. The van der Waals surface area contributed by atoms with Crippen LogP contribution in [0.4, 0.5) is 0 Å². The summed E-state index contributed by atoms with van der Waals surface area (Å²) in [5.74, 6) is 4.64. The van der Waals surface area contributed by atoms with Crippen molar-refractivity contribution in [2.75, 3.05) is 0 Å². The Morgan fingerprint density at radius 1 is 1.79 bits per heavy atom. The van der Waals surface area contributed by atoms with Crippen LogP contribution < -0.4 is 11.3 Å². The van der Waals surface area contributed by atoms with E-state index in [1.165, 1.54) is 0 Å². The highest BCUT2D eigenvalue weighted by Crippen LogP contribution is 2.19. The van der Waals surface area contributed by atoms with Gasteiger partial charge in [0.15, 0.2) is 0 Å². The summed E-state index contributed by atoms with van der Waals surface area (Å²) in [6, 6.07) is 3.87. The zero-order valence-electron chi connectivity index (χ0n) is 7.27. The Labute approximate surface area is 84.5 Å². The molecule has 74 valence electrons. The smallest absolute Gasteiger partial charge is 0.278 e. The second-order valence-corrected chi connectivity index (χ2v) is 3.77. The molecule has 3 N–H and O–H groups in total. The fourth-order valence-corrected chi connectivity index (χ4v) is 1.92. The van der Waals surface area contributed by atoms with E-state index in [0.717, 1.165) is 10.6 Å². The molecule has 0 unspecified atom stereocenters. The summed E-state index contributed by atoms with van der Waals surface area (Å²) in [5.41, 5.74) is 2.84. The van der Waals surface area contributed by atoms with Gasteiger partial charge in [0.1, 0.15) is 5.71 Å². The topological polar surface area (TPSA) is 76.7 Å². The molecule has 0 radical (unpaired) electrons. The van der Waals surface area contributed by atoms with E-state index in [1.54, 1.807) is 11.3 Å². The van der Waals surface area contributed by atoms with Gasteiger partial charge in [0.05, 0.1) is 4.88 Å². The standard InChI is InChI=1S/C8H9N3O2S/c9-10-8(12)6-4-5(11-13-6)7-2-1-3-14-7/h1-3,6H,4,9H2,(H,10,12)/t6-/m0/s1. The van der Waals surface area contributed by atoms with Crippen LogP contribution in [0.25, 0.3) is 0 Å².